The molecule has 0 radical (unpaired) electrons. The molecule has 4 heteroatoms. The summed E-state index contributed by atoms with van der Waals surface area (Å²) in [5.41, 5.74) is 0. The smallest absolute Gasteiger partial charge is 0.223 e. The summed E-state index contributed by atoms with van der Waals surface area (Å²) in [5.74, 6) is 0.0336. The molecule has 0 saturated heterocycles. The van der Waals surface area contributed by atoms with Crippen molar-refractivity contribution in [3.63, 3.8) is 0 Å². The van der Waals surface area contributed by atoms with Gasteiger partial charge in [0.1, 0.15) is 6.54 Å². The number of ether oxygens (including phenoxy) is 1. The fourth-order valence-corrected chi connectivity index (χ4v) is 1.25. The summed E-state index contributed by atoms with van der Waals surface area (Å²) in [5, 5.41) is 8.58. The van der Waals surface area contributed by atoms with Gasteiger partial charge < -0.3 is 9.64 Å². The van der Waals surface area contributed by atoms with Gasteiger partial charge in [-0.2, -0.15) is 5.26 Å². The summed E-state index contributed by atoms with van der Waals surface area (Å²) in [6, 6.07) is 2.09. The summed E-state index contributed by atoms with van der Waals surface area (Å²) in [7, 11) is 0. The van der Waals surface area contributed by atoms with Crippen molar-refractivity contribution < 1.29 is 9.53 Å². The third-order valence-electron chi connectivity index (χ3n) is 2.07. The maximum Gasteiger partial charge on any atom is 0.223 e. The van der Waals surface area contributed by atoms with Crippen LogP contribution in [0.2, 0.25) is 0 Å². The van der Waals surface area contributed by atoms with Gasteiger partial charge in [0, 0.05) is 25.7 Å². The Hall–Kier alpha value is -1.08. The van der Waals surface area contributed by atoms with Gasteiger partial charge in [0.2, 0.25) is 5.91 Å². The monoisotopic (exact) mass is 212 g/mol. The minimum absolute atomic E-state index is 0.0336. The number of carbonyl (C=O) groups is 1. The summed E-state index contributed by atoms with van der Waals surface area (Å²) >= 11 is 0. The quantitative estimate of drug-likeness (QED) is 0.475. The van der Waals surface area contributed by atoms with E-state index in [9.17, 15) is 4.79 Å². The summed E-state index contributed by atoms with van der Waals surface area (Å²) in [4.78, 5) is 13.2. The van der Waals surface area contributed by atoms with Gasteiger partial charge in [-0.25, -0.2) is 0 Å². The molecule has 0 aromatic carbocycles. The van der Waals surface area contributed by atoms with Crippen LogP contribution in [0.5, 0.6) is 0 Å². The maximum atomic E-state index is 11.7. The molecule has 0 N–H and O–H groups in total. The number of rotatable bonds is 7. The van der Waals surface area contributed by atoms with Crippen molar-refractivity contribution in [3.8, 4) is 6.07 Å². The van der Waals surface area contributed by atoms with Gasteiger partial charge in [0.25, 0.3) is 0 Å². The number of nitriles is 1. The van der Waals surface area contributed by atoms with Crippen LogP contribution in [0.3, 0.4) is 0 Å². The second-order valence-electron chi connectivity index (χ2n) is 3.57. The molecule has 0 aliphatic heterocycles. The van der Waals surface area contributed by atoms with Crippen molar-refractivity contribution in [2.75, 3.05) is 19.8 Å². The van der Waals surface area contributed by atoms with E-state index in [1.54, 1.807) is 4.90 Å². The molecule has 0 fully saturated rings. The molecule has 0 spiro atoms. The first-order valence-corrected chi connectivity index (χ1v) is 5.37. The lowest BCUT2D eigenvalue weighted by molar-refractivity contribution is -0.132. The summed E-state index contributed by atoms with van der Waals surface area (Å²) < 4.78 is 5.15. The van der Waals surface area contributed by atoms with Crippen LogP contribution in [0.15, 0.2) is 0 Å². The van der Waals surface area contributed by atoms with Gasteiger partial charge in [-0.15, -0.1) is 0 Å². The Morgan fingerprint density at radius 2 is 2.20 bits per heavy atom. The summed E-state index contributed by atoms with van der Waals surface area (Å²) in [6.07, 6.45) is 1.18. The standard InChI is InChI=1S/C11H20N2O2/c1-4-15-9-5-6-11(14)13(8-7-12)10(2)3/h10H,4-6,8-9H2,1-3H3. The molecule has 0 saturated carbocycles. The Labute approximate surface area is 91.8 Å². The molecule has 0 aromatic rings. The minimum atomic E-state index is 0.0336. The number of hydrogen-bond donors (Lipinski definition) is 0. The largest absolute Gasteiger partial charge is 0.382 e. The maximum absolute atomic E-state index is 11.7. The van der Waals surface area contributed by atoms with Crippen molar-refractivity contribution in [2.45, 2.75) is 39.7 Å². The van der Waals surface area contributed by atoms with Crippen molar-refractivity contribution in [1.29, 1.82) is 5.26 Å². The van der Waals surface area contributed by atoms with E-state index in [1.165, 1.54) is 0 Å². The van der Waals surface area contributed by atoms with E-state index in [-0.39, 0.29) is 18.5 Å². The van der Waals surface area contributed by atoms with Gasteiger partial charge in [0.15, 0.2) is 0 Å². The summed E-state index contributed by atoms with van der Waals surface area (Å²) in [6.45, 7) is 7.22. The Balaban J connectivity index is 3.88. The van der Waals surface area contributed by atoms with Crippen LogP contribution in [-0.2, 0) is 9.53 Å². The van der Waals surface area contributed by atoms with E-state index < -0.39 is 0 Å². The third-order valence-corrected chi connectivity index (χ3v) is 2.07. The molecule has 0 aliphatic carbocycles. The minimum Gasteiger partial charge on any atom is -0.382 e. The lowest BCUT2D eigenvalue weighted by Crippen LogP contribution is -2.37. The van der Waals surface area contributed by atoms with Gasteiger partial charge in [-0.05, 0) is 27.2 Å². The highest BCUT2D eigenvalue weighted by molar-refractivity contribution is 5.76. The Kier molecular flexibility index (Phi) is 7.65. The molecule has 0 atom stereocenters. The molecular weight excluding hydrogens is 192 g/mol. The average molecular weight is 212 g/mol. The molecule has 0 aromatic heterocycles. The van der Waals surface area contributed by atoms with Gasteiger partial charge in [0.05, 0.1) is 6.07 Å². The first kappa shape index (κ1) is 13.9. The predicted molar refractivity (Wildman–Crippen MR) is 58.2 cm³/mol. The van der Waals surface area contributed by atoms with Crippen LogP contribution in [0, 0.1) is 11.3 Å². The molecular formula is C11H20N2O2. The number of amides is 1. The fourth-order valence-electron chi connectivity index (χ4n) is 1.25. The van der Waals surface area contributed by atoms with Crippen molar-refractivity contribution in [3.05, 3.63) is 0 Å². The lowest BCUT2D eigenvalue weighted by atomic mass is 10.2. The molecule has 0 rings (SSSR count). The molecule has 0 heterocycles. The van der Waals surface area contributed by atoms with Crippen molar-refractivity contribution in [2.24, 2.45) is 0 Å². The first-order chi connectivity index (χ1) is 7.13. The lowest BCUT2D eigenvalue weighted by Gasteiger charge is -2.23. The van der Waals surface area contributed by atoms with Crippen LogP contribution >= 0.6 is 0 Å². The molecule has 4 nitrogen and oxygen atoms in total. The van der Waals surface area contributed by atoms with Crippen LogP contribution in [-0.4, -0.2) is 36.6 Å². The van der Waals surface area contributed by atoms with E-state index in [0.717, 1.165) is 6.42 Å². The highest BCUT2D eigenvalue weighted by Gasteiger charge is 2.15. The van der Waals surface area contributed by atoms with E-state index in [2.05, 4.69) is 0 Å². The Bertz CT molecular complexity index is 221. The molecule has 15 heavy (non-hydrogen) atoms. The number of nitrogens with zero attached hydrogens (tertiary/aromatic N) is 2. The zero-order valence-electron chi connectivity index (χ0n) is 9.82. The highest BCUT2D eigenvalue weighted by atomic mass is 16.5. The molecule has 0 aliphatic rings. The van der Waals surface area contributed by atoms with Gasteiger partial charge >= 0.3 is 0 Å². The van der Waals surface area contributed by atoms with Gasteiger partial charge in [-0.3, -0.25) is 4.79 Å². The Morgan fingerprint density at radius 3 is 2.67 bits per heavy atom. The molecule has 1 amide bonds. The zero-order valence-corrected chi connectivity index (χ0v) is 9.82. The topological polar surface area (TPSA) is 53.3 Å². The second-order valence-corrected chi connectivity index (χ2v) is 3.57. The Morgan fingerprint density at radius 1 is 1.53 bits per heavy atom. The number of carbonyl (C=O) groups excluding carboxylic acids is 1. The number of hydrogen-bond acceptors (Lipinski definition) is 3. The zero-order chi connectivity index (χ0) is 11.7. The van der Waals surface area contributed by atoms with Crippen molar-refractivity contribution in [1.82, 2.24) is 4.90 Å². The first-order valence-electron chi connectivity index (χ1n) is 5.37. The predicted octanol–water partition coefficient (Wildman–Crippen LogP) is 1.56. The molecule has 0 unspecified atom stereocenters. The second kappa shape index (κ2) is 8.25. The van der Waals surface area contributed by atoms with E-state index in [4.69, 9.17) is 10.00 Å². The van der Waals surface area contributed by atoms with E-state index >= 15 is 0 Å². The van der Waals surface area contributed by atoms with Crippen LogP contribution < -0.4 is 0 Å². The van der Waals surface area contributed by atoms with Crippen molar-refractivity contribution >= 4 is 5.91 Å². The molecule has 0 bridgehead atoms. The van der Waals surface area contributed by atoms with Crippen LogP contribution in [0.25, 0.3) is 0 Å². The highest BCUT2D eigenvalue weighted by Crippen LogP contribution is 2.03. The SMILES string of the molecule is CCOCCCC(=O)N(CC#N)C(C)C. The van der Waals surface area contributed by atoms with Crippen LogP contribution in [0.1, 0.15) is 33.6 Å². The third kappa shape index (κ3) is 6.08. The van der Waals surface area contributed by atoms with Crippen LogP contribution in [0.4, 0.5) is 0 Å². The van der Waals surface area contributed by atoms with Gasteiger partial charge in [-0.1, -0.05) is 0 Å². The average Bonchev–Trinajstić information content (AvgIpc) is 2.20. The fraction of sp³-hybridized carbons (Fsp3) is 0.818. The van der Waals surface area contributed by atoms with E-state index in [0.29, 0.717) is 19.6 Å². The van der Waals surface area contributed by atoms with E-state index in [1.807, 2.05) is 26.8 Å². The normalized spacial score (nSPS) is 10.1. The molecule has 86 valence electrons.